The number of amides is 1. The van der Waals surface area contributed by atoms with Crippen LogP contribution in [0.1, 0.15) is 21.6 Å². The molecule has 0 saturated heterocycles. The second-order valence-electron chi connectivity index (χ2n) is 6.82. The van der Waals surface area contributed by atoms with Gasteiger partial charge in [-0.1, -0.05) is 17.7 Å². The van der Waals surface area contributed by atoms with Crippen LogP contribution in [0.25, 0.3) is 11.0 Å². The molecule has 4 rings (SSSR count). The topological polar surface area (TPSA) is 82.7 Å². The van der Waals surface area contributed by atoms with Crippen LogP contribution in [0, 0.1) is 12.7 Å². The lowest BCUT2D eigenvalue weighted by molar-refractivity contribution is 0.0954. The van der Waals surface area contributed by atoms with E-state index in [0.717, 1.165) is 11.3 Å². The molecule has 0 fully saturated rings. The Morgan fingerprint density at radius 2 is 2.07 bits per heavy atom. The first-order valence-electron chi connectivity index (χ1n) is 9.40. The molecule has 0 saturated carbocycles. The Balaban J connectivity index is 1.63. The SMILES string of the molecule is Cc1cc(Cl)ccc1Nc1c(C(=O)NCCc2ccccn2)cc2[nH]cnc2c1F. The van der Waals surface area contributed by atoms with E-state index in [9.17, 15) is 4.79 Å². The van der Waals surface area contributed by atoms with Gasteiger partial charge in [-0.25, -0.2) is 9.37 Å². The molecule has 0 aliphatic carbocycles. The van der Waals surface area contributed by atoms with E-state index in [0.29, 0.717) is 29.2 Å². The van der Waals surface area contributed by atoms with E-state index in [4.69, 9.17) is 11.6 Å². The highest BCUT2D eigenvalue weighted by Gasteiger charge is 2.21. The van der Waals surface area contributed by atoms with Gasteiger partial charge in [0.15, 0.2) is 5.82 Å². The molecule has 1 amide bonds. The van der Waals surface area contributed by atoms with Crippen molar-refractivity contribution in [1.82, 2.24) is 20.3 Å². The molecule has 4 aromatic rings. The summed E-state index contributed by atoms with van der Waals surface area (Å²) in [6, 6.07) is 12.4. The fourth-order valence-electron chi connectivity index (χ4n) is 3.19. The molecule has 2 aromatic heterocycles. The van der Waals surface area contributed by atoms with E-state index >= 15 is 4.39 Å². The van der Waals surface area contributed by atoms with Crippen molar-refractivity contribution < 1.29 is 9.18 Å². The summed E-state index contributed by atoms with van der Waals surface area (Å²) in [4.78, 5) is 24.0. The van der Waals surface area contributed by atoms with Crippen LogP contribution in [-0.2, 0) is 6.42 Å². The van der Waals surface area contributed by atoms with Gasteiger partial charge in [-0.05, 0) is 48.9 Å². The summed E-state index contributed by atoms with van der Waals surface area (Å²) in [5.74, 6) is -0.992. The number of carbonyl (C=O) groups is 1. The zero-order chi connectivity index (χ0) is 21.1. The van der Waals surface area contributed by atoms with Gasteiger partial charge in [0.2, 0.25) is 0 Å². The molecule has 0 atom stereocenters. The molecule has 8 heteroatoms. The molecule has 0 aliphatic rings. The van der Waals surface area contributed by atoms with Gasteiger partial charge in [-0.2, -0.15) is 0 Å². The number of nitrogens with zero attached hydrogens (tertiary/aromatic N) is 2. The summed E-state index contributed by atoms with van der Waals surface area (Å²) in [7, 11) is 0. The number of imidazole rings is 1. The first-order chi connectivity index (χ1) is 14.5. The molecule has 0 bridgehead atoms. The minimum absolute atomic E-state index is 0.0651. The van der Waals surface area contributed by atoms with Gasteiger partial charge in [0.1, 0.15) is 5.52 Å². The molecule has 0 radical (unpaired) electrons. The number of aromatic nitrogens is 3. The molecule has 2 heterocycles. The number of anilines is 2. The summed E-state index contributed by atoms with van der Waals surface area (Å²) < 4.78 is 15.2. The Hall–Kier alpha value is -3.45. The first kappa shape index (κ1) is 19.8. The van der Waals surface area contributed by atoms with Crippen molar-refractivity contribution >= 4 is 39.9 Å². The van der Waals surface area contributed by atoms with Crippen LogP contribution in [0.3, 0.4) is 0 Å². The lowest BCUT2D eigenvalue weighted by Crippen LogP contribution is -2.27. The Morgan fingerprint density at radius 3 is 2.83 bits per heavy atom. The van der Waals surface area contributed by atoms with Gasteiger partial charge in [0.05, 0.1) is 23.1 Å². The van der Waals surface area contributed by atoms with Gasteiger partial charge in [-0.15, -0.1) is 0 Å². The molecule has 3 N–H and O–H groups in total. The molecular weight excluding hydrogens is 405 g/mol. The number of H-pyrrole nitrogens is 1. The van der Waals surface area contributed by atoms with Gasteiger partial charge < -0.3 is 15.6 Å². The number of benzene rings is 2. The number of nitrogens with one attached hydrogen (secondary N) is 3. The molecule has 30 heavy (non-hydrogen) atoms. The number of aryl methyl sites for hydroxylation is 1. The number of aromatic amines is 1. The van der Waals surface area contributed by atoms with Crippen LogP contribution in [0.15, 0.2) is 55.0 Å². The highest BCUT2D eigenvalue weighted by atomic mass is 35.5. The van der Waals surface area contributed by atoms with Crippen molar-refractivity contribution in [3.63, 3.8) is 0 Å². The van der Waals surface area contributed by atoms with Gasteiger partial charge in [0.25, 0.3) is 5.91 Å². The van der Waals surface area contributed by atoms with Crippen molar-refractivity contribution in [3.8, 4) is 0 Å². The number of carbonyl (C=O) groups excluding carboxylic acids is 1. The van der Waals surface area contributed by atoms with Crippen LogP contribution in [0.2, 0.25) is 5.02 Å². The van der Waals surface area contributed by atoms with E-state index in [-0.39, 0.29) is 16.8 Å². The number of hydrogen-bond acceptors (Lipinski definition) is 4. The average molecular weight is 424 g/mol. The Morgan fingerprint density at radius 1 is 1.20 bits per heavy atom. The maximum Gasteiger partial charge on any atom is 0.253 e. The summed E-state index contributed by atoms with van der Waals surface area (Å²) >= 11 is 6.02. The second-order valence-corrected chi connectivity index (χ2v) is 7.26. The number of hydrogen-bond donors (Lipinski definition) is 3. The Kier molecular flexibility index (Phi) is 5.63. The summed E-state index contributed by atoms with van der Waals surface area (Å²) in [6.45, 7) is 2.23. The third-order valence-electron chi connectivity index (χ3n) is 4.74. The molecule has 0 spiro atoms. The van der Waals surface area contributed by atoms with Crippen molar-refractivity contribution in [2.45, 2.75) is 13.3 Å². The normalized spacial score (nSPS) is 10.9. The third kappa shape index (κ3) is 4.11. The van der Waals surface area contributed by atoms with Gasteiger partial charge >= 0.3 is 0 Å². The van der Waals surface area contributed by atoms with Crippen LogP contribution in [0.5, 0.6) is 0 Å². The molecule has 152 valence electrons. The number of fused-ring (bicyclic) bond motifs is 1. The highest BCUT2D eigenvalue weighted by Crippen LogP contribution is 2.31. The number of halogens is 2. The van der Waals surface area contributed by atoms with Crippen molar-refractivity contribution in [3.05, 3.63) is 82.6 Å². The van der Waals surface area contributed by atoms with Crippen LogP contribution >= 0.6 is 11.6 Å². The minimum atomic E-state index is -0.599. The molecule has 0 aliphatic heterocycles. The van der Waals surface area contributed by atoms with E-state index < -0.39 is 11.7 Å². The van der Waals surface area contributed by atoms with Crippen molar-refractivity contribution in [2.75, 3.05) is 11.9 Å². The molecular formula is C22H19ClFN5O. The zero-order valence-electron chi connectivity index (χ0n) is 16.2. The molecule has 0 unspecified atom stereocenters. The van der Waals surface area contributed by atoms with E-state index in [1.54, 1.807) is 30.5 Å². The Labute approximate surface area is 177 Å². The third-order valence-corrected chi connectivity index (χ3v) is 4.97. The standard InChI is InChI=1S/C22H19ClFN5O/c1-13-10-14(23)5-6-17(13)29-20-16(11-18-21(19(20)24)28-12-27-18)22(30)26-9-7-15-4-2-3-8-25-15/h2-6,8,10-12,29H,7,9H2,1H3,(H,26,30)(H,27,28). The predicted molar refractivity (Wildman–Crippen MR) is 116 cm³/mol. The number of rotatable bonds is 6. The van der Waals surface area contributed by atoms with E-state index in [2.05, 4.69) is 25.6 Å². The first-order valence-corrected chi connectivity index (χ1v) is 9.77. The Bertz CT molecular complexity index is 1210. The fraction of sp³-hybridized carbons (Fsp3) is 0.136. The molecule has 6 nitrogen and oxygen atoms in total. The zero-order valence-corrected chi connectivity index (χ0v) is 16.9. The van der Waals surface area contributed by atoms with Gasteiger partial charge in [-0.3, -0.25) is 9.78 Å². The summed E-state index contributed by atoms with van der Waals surface area (Å²) in [6.07, 6.45) is 3.67. The quantitative estimate of drug-likeness (QED) is 0.417. The predicted octanol–water partition coefficient (Wildman–Crippen LogP) is 4.77. The largest absolute Gasteiger partial charge is 0.352 e. The lowest BCUT2D eigenvalue weighted by atomic mass is 10.1. The van der Waals surface area contributed by atoms with Crippen LogP contribution < -0.4 is 10.6 Å². The second kappa shape index (κ2) is 8.51. The monoisotopic (exact) mass is 423 g/mol. The van der Waals surface area contributed by atoms with Crippen LogP contribution in [-0.4, -0.2) is 27.4 Å². The minimum Gasteiger partial charge on any atom is -0.352 e. The molecule has 2 aromatic carbocycles. The fourth-order valence-corrected chi connectivity index (χ4v) is 3.42. The average Bonchev–Trinajstić information content (AvgIpc) is 3.21. The van der Waals surface area contributed by atoms with E-state index in [1.165, 1.54) is 6.33 Å². The lowest BCUT2D eigenvalue weighted by Gasteiger charge is -2.15. The van der Waals surface area contributed by atoms with Gasteiger partial charge in [0, 0.05) is 35.6 Å². The van der Waals surface area contributed by atoms with E-state index in [1.807, 2.05) is 25.1 Å². The summed E-state index contributed by atoms with van der Waals surface area (Å²) in [5, 5.41) is 6.46. The van der Waals surface area contributed by atoms with Crippen LogP contribution in [0.4, 0.5) is 15.8 Å². The maximum absolute atomic E-state index is 15.2. The smallest absolute Gasteiger partial charge is 0.253 e. The maximum atomic E-state index is 15.2. The van der Waals surface area contributed by atoms with Crippen molar-refractivity contribution in [1.29, 1.82) is 0 Å². The highest BCUT2D eigenvalue weighted by molar-refractivity contribution is 6.30. The summed E-state index contributed by atoms with van der Waals surface area (Å²) in [5.41, 5.74) is 3.19. The van der Waals surface area contributed by atoms with Crippen molar-refractivity contribution in [2.24, 2.45) is 0 Å². The number of pyridine rings is 1.